The molecule has 42 heavy (non-hydrogen) atoms. The summed E-state index contributed by atoms with van der Waals surface area (Å²) in [6, 6.07) is 12.7. The Morgan fingerprint density at radius 2 is 2.05 bits per heavy atom. The first-order chi connectivity index (χ1) is 19.9. The smallest absolute Gasteiger partial charge is 0.351 e. The van der Waals surface area contributed by atoms with Crippen molar-refractivity contribution in [2.45, 2.75) is 57.1 Å². The third-order valence-electron chi connectivity index (χ3n) is 6.15. The second-order valence-corrected chi connectivity index (χ2v) is 12.8. The summed E-state index contributed by atoms with van der Waals surface area (Å²) in [4.78, 5) is 31.2. The van der Waals surface area contributed by atoms with Gasteiger partial charge in [-0.15, -0.1) is 0 Å². The molecule has 2 heterocycles. The fourth-order valence-electron chi connectivity index (χ4n) is 4.19. The molecule has 2 aromatic carbocycles. The van der Waals surface area contributed by atoms with Gasteiger partial charge < -0.3 is 29.4 Å². The van der Waals surface area contributed by atoms with Crippen LogP contribution < -0.4 is 21.0 Å². The first-order valence-corrected chi connectivity index (χ1v) is 15.3. The average molecular weight is 622 g/mol. The Morgan fingerprint density at radius 1 is 1.33 bits per heavy atom. The maximum Gasteiger partial charge on any atom is 0.351 e. The van der Waals surface area contributed by atoms with Gasteiger partial charge >= 0.3 is 18.3 Å². The molecule has 14 nitrogen and oxygen atoms in total. The molecule has 1 aliphatic heterocycles. The summed E-state index contributed by atoms with van der Waals surface area (Å²) < 4.78 is 39.5. The Labute approximate surface area is 244 Å². The number of fused-ring (bicyclic) bond motifs is 1. The number of rotatable bonds is 11. The Morgan fingerprint density at radius 3 is 2.74 bits per heavy atom. The normalized spacial score (nSPS) is 24.1. The van der Waals surface area contributed by atoms with E-state index in [1.165, 1.54) is 13.0 Å². The molecule has 1 saturated heterocycles. The lowest BCUT2D eigenvalue weighted by Crippen LogP contribution is -2.43. The van der Waals surface area contributed by atoms with Crippen molar-refractivity contribution < 1.29 is 32.8 Å². The van der Waals surface area contributed by atoms with Crippen LogP contribution in [0.4, 0.5) is 10.2 Å². The zero-order valence-corrected chi connectivity index (χ0v) is 24.4. The summed E-state index contributed by atoms with van der Waals surface area (Å²) in [5.41, 5.74) is 11.4. The van der Waals surface area contributed by atoms with Gasteiger partial charge in [0.25, 0.3) is 0 Å². The molecular weight excluding hydrogens is 592 g/mol. The fourth-order valence-corrected chi connectivity index (χ4v) is 6.60. The van der Waals surface area contributed by atoms with E-state index >= 15 is 4.39 Å². The predicted octanol–water partition coefficient (Wildman–Crippen LogP) is 3.46. The number of esters is 1. The lowest BCUT2D eigenvalue weighted by Gasteiger charge is -2.31. The Kier molecular flexibility index (Phi) is 9.48. The first-order valence-electron chi connectivity index (χ1n) is 12.7. The molecule has 0 amide bonds. The third kappa shape index (κ3) is 6.71. The van der Waals surface area contributed by atoms with E-state index in [1.807, 2.05) is 18.2 Å². The Bertz CT molecular complexity index is 1620. The Hall–Kier alpha value is -3.62. The number of nitrogens with one attached hydrogen (secondary N) is 1. The van der Waals surface area contributed by atoms with E-state index in [2.05, 4.69) is 20.1 Å². The number of anilines is 1. The largest absolute Gasteiger partial charge is 0.462 e. The van der Waals surface area contributed by atoms with E-state index in [9.17, 15) is 20.2 Å². The quantitative estimate of drug-likeness (QED) is 0.0932. The van der Waals surface area contributed by atoms with Crippen LogP contribution >= 0.6 is 6.64 Å². The maximum absolute atomic E-state index is 15.7. The highest BCUT2D eigenvalue weighted by Gasteiger charge is 2.57. The number of halogens is 1. The van der Waals surface area contributed by atoms with Gasteiger partial charge in [0.1, 0.15) is 23.7 Å². The van der Waals surface area contributed by atoms with Gasteiger partial charge in [0, 0.05) is 16.5 Å². The summed E-state index contributed by atoms with van der Waals surface area (Å²) >= 11 is 5.74. The third-order valence-corrected chi connectivity index (χ3v) is 8.62. The van der Waals surface area contributed by atoms with Crippen LogP contribution in [0, 0.1) is 0 Å². The van der Waals surface area contributed by atoms with Crippen molar-refractivity contribution in [3.63, 3.8) is 0 Å². The molecule has 0 aliphatic carbocycles. The molecule has 0 radical (unpaired) electrons. The zero-order valence-electron chi connectivity index (χ0n) is 22.7. The number of aliphatic hydroxyl groups is 1. The molecule has 3 aromatic rings. The number of carbonyl (C=O) groups excluding carboxylic acids is 1. The molecule has 0 saturated carbocycles. The van der Waals surface area contributed by atoms with Gasteiger partial charge in [-0.2, -0.15) is 4.98 Å². The van der Waals surface area contributed by atoms with Crippen molar-refractivity contribution in [3.05, 3.63) is 75.7 Å². The van der Waals surface area contributed by atoms with Crippen LogP contribution in [0.5, 0.6) is 5.75 Å². The lowest BCUT2D eigenvalue weighted by molar-refractivity contribution is -0.149. The molecule has 1 fully saturated rings. The van der Waals surface area contributed by atoms with E-state index < -0.39 is 61.3 Å². The number of nitrogen functional groups attached to an aromatic ring is 1. The number of azide groups is 1. The van der Waals surface area contributed by atoms with Gasteiger partial charge in [-0.3, -0.25) is 9.36 Å². The number of aliphatic hydroxyl groups excluding tert-OH is 1. The van der Waals surface area contributed by atoms with Crippen molar-refractivity contribution >= 4 is 41.0 Å². The molecule has 4 rings (SSSR count). The highest BCUT2D eigenvalue weighted by atomic mass is 32.5. The fraction of sp³-hybridized carbons (Fsp3) is 0.400. The molecule has 1 unspecified atom stereocenters. The van der Waals surface area contributed by atoms with Crippen LogP contribution in [-0.2, 0) is 30.6 Å². The van der Waals surface area contributed by atoms with Crippen LogP contribution in [0.1, 0.15) is 27.0 Å². The zero-order chi connectivity index (χ0) is 30.7. The summed E-state index contributed by atoms with van der Waals surface area (Å²) in [5, 5.41) is 18.5. The molecular formula is C25H29FN7O7PS. The minimum Gasteiger partial charge on any atom is -0.462 e. The molecule has 17 heteroatoms. The number of carbonyl (C=O) groups is 1. The molecule has 1 aliphatic rings. The van der Waals surface area contributed by atoms with Crippen molar-refractivity contribution in [1.82, 2.24) is 14.6 Å². The number of aromatic nitrogens is 2. The van der Waals surface area contributed by atoms with Crippen LogP contribution in [0.3, 0.4) is 0 Å². The minimum atomic E-state index is -3.80. The molecule has 4 N–H and O–H groups in total. The van der Waals surface area contributed by atoms with Crippen LogP contribution in [0.15, 0.2) is 64.6 Å². The van der Waals surface area contributed by atoms with Crippen LogP contribution in [0.2, 0.25) is 0 Å². The van der Waals surface area contributed by atoms with E-state index in [1.54, 1.807) is 38.1 Å². The second kappa shape index (κ2) is 12.7. The predicted molar refractivity (Wildman–Crippen MR) is 154 cm³/mol. The van der Waals surface area contributed by atoms with Crippen molar-refractivity contribution in [2.75, 3.05) is 12.3 Å². The number of alkyl halides is 1. The van der Waals surface area contributed by atoms with Gasteiger partial charge in [0.05, 0.1) is 12.7 Å². The van der Waals surface area contributed by atoms with Gasteiger partial charge in [-0.1, -0.05) is 41.5 Å². The topological polar surface area (TPSA) is 196 Å². The molecule has 0 spiro atoms. The first kappa shape index (κ1) is 31.3. The number of hydrogen-bond donors (Lipinski definition) is 3. The van der Waals surface area contributed by atoms with Gasteiger partial charge in [-0.05, 0) is 55.6 Å². The van der Waals surface area contributed by atoms with E-state index in [-0.39, 0.29) is 5.82 Å². The average Bonchev–Trinajstić information content (AvgIpc) is 3.17. The molecule has 1 aromatic heterocycles. The summed E-state index contributed by atoms with van der Waals surface area (Å²) in [6.45, 7) is 0.165. The Balaban J connectivity index is 1.68. The molecule has 6 atom stereocenters. The summed E-state index contributed by atoms with van der Waals surface area (Å²) in [5.74, 6) is -0.458. The van der Waals surface area contributed by atoms with Crippen molar-refractivity contribution in [3.8, 4) is 5.75 Å². The number of benzene rings is 2. The van der Waals surface area contributed by atoms with Gasteiger partial charge in [-0.25, -0.2) is 14.3 Å². The van der Waals surface area contributed by atoms with Gasteiger partial charge in [0.15, 0.2) is 12.4 Å². The number of nitrogens with two attached hydrogens (primary N) is 1. The maximum atomic E-state index is 15.7. The minimum absolute atomic E-state index is 0.104. The van der Waals surface area contributed by atoms with E-state index in [0.717, 1.165) is 16.2 Å². The van der Waals surface area contributed by atoms with Gasteiger partial charge in [0.2, 0.25) is 5.72 Å². The second-order valence-electron chi connectivity index (χ2n) is 9.65. The SMILES string of the molecule is CC(C)OC(=O)[C@H](C)NP(=S)(OC[C@@]1(N=[N+]=[N-])O[C@@H](n2ccc(N)nc2=O)[C@H](O)[C@@H]1F)Oc1cccc2ccccc12. The van der Waals surface area contributed by atoms with Crippen molar-refractivity contribution in [2.24, 2.45) is 5.11 Å². The molecule has 224 valence electrons. The number of nitrogens with zero attached hydrogens (tertiary/aromatic N) is 5. The number of ether oxygens (including phenoxy) is 2. The highest BCUT2D eigenvalue weighted by molar-refractivity contribution is 8.09. The van der Waals surface area contributed by atoms with E-state index in [4.69, 9.17) is 36.1 Å². The molecule has 0 bridgehead atoms. The van der Waals surface area contributed by atoms with Crippen LogP contribution in [-0.4, -0.2) is 57.4 Å². The van der Waals surface area contributed by atoms with Crippen molar-refractivity contribution in [1.29, 1.82) is 0 Å². The summed E-state index contributed by atoms with van der Waals surface area (Å²) in [7, 11) is 0. The summed E-state index contributed by atoms with van der Waals surface area (Å²) in [6.07, 6.45) is -5.29. The van der Waals surface area contributed by atoms with Crippen LogP contribution in [0.25, 0.3) is 21.2 Å². The lowest BCUT2D eigenvalue weighted by atomic mass is 10.1. The van der Waals surface area contributed by atoms with E-state index in [0.29, 0.717) is 11.1 Å². The highest BCUT2D eigenvalue weighted by Crippen LogP contribution is 2.50. The standard InChI is InChI=1S/C25H29FN7O7PS/c1-14(2)38-23(35)15(3)30-41(42,40-18-10-6-8-16-7-4-5-9-17(16)18)37-13-25(31-32-28)21(26)20(34)22(39-25)33-12-11-19(27)29-24(33)36/h4-12,14-15,20-22,34H,13H2,1-3H3,(H,30,42)(H2,27,29,36)/t15-,20+,21-,22+,25+,41?/m0/s1. The monoisotopic (exact) mass is 621 g/mol. The number of hydrogen-bond acceptors (Lipinski definition) is 11.